The first-order valence-corrected chi connectivity index (χ1v) is 12.4. The summed E-state index contributed by atoms with van der Waals surface area (Å²) in [6.07, 6.45) is 3.78. The minimum absolute atomic E-state index is 0.249. The molecule has 2 aromatic carbocycles. The molecule has 4 rings (SSSR count). The summed E-state index contributed by atoms with van der Waals surface area (Å²) >= 11 is 0. The molecule has 0 aliphatic carbocycles. The van der Waals surface area contributed by atoms with Gasteiger partial charge >= 0.3 is 0 Å². The van der Waals surface area contributed by atoms with E-state index in [-0.39, 0.29) is 9.79 Å². The maximum atomic E-state index is 11.7. The number of benzene rings is 2. The van der Waals surface area contributed by atoms with E-state index in [1.54, 1.807) is 53.0 Å². The number of sulfone groups is 2. The summed E-state index contributed by atoms with van der Waals surface area (Å²) < 4.78 is 48.4. The maximum Gasteiger partial charge on any atom is 0.175 e. The van der Waals surface area contributed by atoms with Crippen LogP contribution >= 0.6 is 0 Å². The van der Waals surface area contributed by atoms with Crippen molar-refractivity contribution >= 4 is 25.3 Å². The summed E-state index contributed by atoms with van der Waals surface area (Å²) in [6.45, 7) is 0. The largest absolute Gasteiger partial charge is 0.224 e. The van der Waals surface area contributed by atoms with Crippen molar-refractivity contribution in [2.45, 2.75) is 9.79 Å². The number of rotatable bonds is 4. The second-order valence-corrected chi connectivity index (χ2v) is 10.8. The molecule has 0 fully saturated rings. The number of pyridine rings is 1. The quantitative estimate of drug-likeness (QED) is 0.497. The topological polar surface area (TPSA) is 98.5 Å². The first-order valence-electron chi connectivity index (χ1n) is 8.58. The Morgan fingerprint density at radius 2 is 1.21 bits per heavy atom. The molecular formula is C20H17N3O4S2. The standard InChI is InChI=1S/C20H17N3O4S2/c1-28(24,25)16-7-3-14(4-8-16)18-11-12-19(23-20(18)21-13-22-23)15-5-9-17(10-6-15)29(2,26)27/h3-13H,1-2H3. The van der Waals surface area contributed by atoms with Gasteiger partial charge in [-0.3, -0.25) is 0 Å². The molecule has 0 bridgehead atoms. The van der Waals surface area contributed by atoms with Crippen LogP contribution in [0.1, 0.15) is 0 Å². The van der Waals surface area contributed by atoms with E-state index in [0.717, 1.165) is 22.4 Å². The van der Waals surface area contributed by atoms with Gasteiger partial charge in [-0.15, -0.1) is 0 Å². The van der Waals surface area contributed by atoms with Crippen molar-refractivity contribution in [1.82, 2.24) is 14.6 Å². The minimum atomic E-state index is -3.27. The summed E-state index contributed by atoms with van der Waals surface area (Å²) in [4.78, 5) is 4.85. The van der Waals surface area contributed by atoms with Gasteiger partial charge in [0, 0.05) is 23.6 Å². The number of aromatic nitrogens is 3. The lowest BCUT2D eigenvalue weighted by molar-refractivity contribution is 0.600. The van der Waals surface area contributed by atoms with E-state index in [0.29, 0.717) is 5.65 Å². The van der Waals surface area contributed by atoms with E-state index >= 15 is 0 Å². The average Bonchev–Trinajstić information content (AvgIpc) is 3.16. The van der Waals surface area contributed by atoms with E-state index < -0.39 is 19.7 Å². The fourth-order valence-electron chi connectivity index (χ4n) is 3.11. The Hall–Kier alpha value is -3.04. The molecule has 0 amide bonds. The molecule has 0 aliphatic rings. The molecule has 0 saturated heterocycles. The van der Waals surface area contributed by atoms with Gasteiger partial charge in [-0.25, -0.2) is 26.3 Å². The van der Waals surface area contributed by atoms with Crippen molar-refractivity contribution in [3.8, 4) is 22.4 Å². The van der Waals surface area contributed by atoms with Crippen molar-refractivity contribution in [3.63, 3.8) is 0 Å². The molecule has 148 valence electrons. The SMILES string of the molecule is CS(=O)(=O)c1ccc(-c2ccc(-c3ccc(S(C)(=O)=O)cc3)n3ncnc23)cc1. The monoisotopic (exact) mass is 427 g/mol. The molecule has 0 N–H and O–H groups in total. The Balaban J connectivity index is 1.80. The van der Waals surface area contributed by atoms with Crippen LogP contribution < -0.4 is 0 Å². The van der Waals surface area contributed by atoms with Crippen molar-refractivity contribution in [2.75, 3.05) is 12.5 Å². The highest BCUT2D eigenvalue weighted by Gasteiger charge is 2.14. The third-order valence-electron chi connectivity index (χ3n) is 4.60. The van der Waals surface area contributed by atoms with Crippen LogP contribution in [0.5, 0.6) is 0 Å². The molecule has 2 heterocycles. The van der Waals surface area contributed by atoms with Crippen LogP contribution in [0.15, 0.2) is 76.8 Å². The lowest BCUT2D eigenvalue weighted by Crippen LogP contribution is -1.99. The highest BCUT2D eigenvalue weighted by atomic mass is 32.2. The van der Waals surface area contributed by atoms with Crippen LogP contribution in [0.25, 0.3) is 28.0 Å². The summed E-state index contributed by atoms with van der Waals surface area (Å²) in [5.74, 6) is 0. The van der Waals surface area contributed by atoms with Crippen LogP contribution in [0.3, 0.4) is 0 Å². The van der Waals surface area contributed by atoms with Gasteiger partial charge in [-0.2, -0.15) is 5.10 Å². The molecule has 4 aromatic rings. The van der Waals surface area contributed by atoms with E-state index in [1.165, 1.54) is 18.8 Å². The lowest BCUT2D eigenvalue weighted by Gasteiger charge is -2.10. The van der Waals surface area contributed by atoms with E-state index in [1.807, 2.05) is 12.1 Å². The highest BCUT2D eigenvalue weighted by Crippen LogP contribution is 2.29. The van der Waals surface area contributed by atoms with Gasteiger partial charge in [0.1, 0.15) is 6.33 Å². The molecular weight excluding hydrogens is 410 g/mol. The minimum Gasteiger partial charge on any atom is -0.224 e. The first kappa shape index (κ1) is 19.3. The maximum absolute atomic E-state index is 11.7. The van der Waals surface area contributed by atoms with Gasteiger partial charge in [0.05, 0.1) is 15.5 Å². The Bertz CT molecular complexity index is 1310. The Kier molecular flexibility index (Phi) is 4.51. The van der Waals surface area contributed by atoms with Gasteiger partial charge in [0.2, 0.25) is 0 Å². The number of hydrogen-bond donors (Lipinski definition) is 0. The Morgan fingerprint density at radius 1 is 0.690 bits per heavy atom. The van der Waals surface area contributed by atoms with Crippen LogP contribution in [0.4, 0.5) is 0 Å². The van der Waals surface area contributed by atoms with Gasteiger partial charge in [-0.1, -0.05) is 24.3 Å². The third-order valence-corrected chi connectivity index (χ3v) is 6.85. The van der Waals surface area contributed by atoms with Crippen molar-refractivity contribution in [1.29, 1.82) is 0 Å². The average molecular weight is 428 g/mol. The lowest BCUT2D eigenvalue weighted by atomic mass is 10.0. The Morgan fingerprint density at radius 3 is 1.72 bits per heavy atom. The van der Waals surface area contributed by atoms with Gasteiger partial charge in [-0.05, 0) is 42.0 Å². The van der Waals surface area contributed by atoms with Crippen LogP contribution in [-0.2, 0) is 19.7 Å². The van der Waals surface area contributed by atoms with Gasteiger partial charge in [0.25, 0.3) is 0 Å². The molecule has 0 unspecified atom stereocenters. The zero-order valence-corrected chi connectivity index (χ0v) is 17.3. The molecule has 0 radical (unpaired) electrons. The first-order chi connectivity index (χ1) is 13.6. The molecule has 0 saturated carbocycles. The molecule has 29 heavy (non-hydrogen) atoms. The van der Waals surface area contributed by atoms with Crippen molar-refractivity contribution in [2.24, 2.45) is 0 Å². The smallest absolute Gasteiger partial charge is 0.175 e. The molecule has 0 aliphatic heterocycles. The van der Waals surface area contributed by atoms with Crippen LogP contribution in [0, 0.1) is 0 Å². The number of hydrogen-bond acceptors (Lipinski definition) is 6. The van der Waals surface area contributed by atoms with Gasteiger partial charge < -0.3 is 0 Å². The second-order valence-electron chi connectivity index (χ2n) is 6.72. The molecule has 0 atom stereocenters. The number of fused-ring (bicyclic) bond motifs is 1. The van der Waals surface area contributed by atoms with Gasteiger partial charge in [0.15, 0.2) is 25.3 Å². The predicted molar refractivity (Wildman–Crippen MR) is 110 cm³/mol. The fourth-order valence-corrected chi connectivity index (χ4v) is 4.37. The van der Waals surface area contributed by atoms with Crippen molar-refractivity contribution < 1.29 is 16.8 Å². The molecule has 2 aromatic heterocycles. The summed E-state index contributed by atoms with van der Waals surface area (Å²) in [7, 11) is -6.53. The van der Waals surface area contributed by atoms with E-state index in [4.69, 9.17) is 0 Å². The molecule has 7 nitrogen and oxygen atoms in total. The van der Waals surface area contributed by atoms with Crippen LogP contribution in [0.2, 0.25) is 0 Å². The zero-order valence-electron chi connectivity index (χ0n) is 15.6. The zero-order chi connectivity index (χ0) is 20.8. The normalized spacial score (nSPS) is 12.3. The fraction of sp³-hybridized carbons (Fsp3) is 0.100. The second kappa shape index (κ2) is 6.78. The highest BCUT2D eigenvalue weighted by molar-refractivity contribution is 7.91. The van der Waals surface area contributed by atoms with E-state index in [2.05, 4.69) is 10.1 Å². The molecule has 0 spiro atoms. The summed E-state index contributed by atoms with van der Waals surface area (Å²) in [5, 5.41) is 4.30. The van der Waals surface area contributed by atoms with Crippen LogP contribution in [-0.4, -0.2) is 43.9 Å². The molecule has 9 heteroatoms. The van der Waals surface area contributed by atoms with E-state index in [9.17, 15) is 16.8 Å². The number of nitrogens with zero attached hydrogens (tertiary/aromatic N) is 3. The predicted octanol–water partition coefficient (Wildman–Crippen LogP) is 2.87. The summed E-state index contributed by atoms with van der Waals surface area (Å²) in [5.41, 5.74) is 3.79. The Labute approximate surface area is 168 Å². The van der Waals surface area contributed by atoms with Crippen molar-refractivity contribution in [3.05, 3.63) is 67.0 Å². The summed E-state index contributed by atoms with van der Waals surface area (Å²) in [6, 6.07) is 16.9. The third kappa shape index (κ3) is 3.66.